The van der Waals surface area contributed by atoms with Crippen molar-refractivity contribution in [3.8, 4) is 0 Å². The molecule has 14 heavy (non-hydrogen) atoms. The minimum absolute atomic E-state index is 0.0208. The number of pyridine rings is 1. The Morgan fingerprint density at radius 1 is 1.50 bits per heavy atom. The van der Waals surface area contributed by atoms with Crippen molar-refractivity contribution in [3.63, 3.8) is 0 Å². The Morgan fingerprint density at radius 3 is 2.64 bits per heavy atom. The number of nitrogens with two attached hydrogens (primary N) is 1. The van der Waals surface area contributed by atoms with Gasteiger partial charge in [0.1, 0.15) is 11.5 Å². The van der Waals surface area contributed by atoms with Crippen LogP contribution in [-0.4, -0.2) is 23.9 Å². The molecule has 0 fully saturated rings. The zero-order valence-electron chi connectivity index (χ0n) is 8.62. The summed E-state index contributed by atoms with van der Waals surface area (Å²) in [6.45, 7) is 5.92. The van der Waals surface area contributed by atoms with Gasteiger partial charge in [0.25, 0.3) is 0 Å². The van der Waals surface area contributed by atoms with Crippen molar-refractivity contribution in [1.29, 1.82) is 5.41 Å². The number of aromatic nitrogens is 1. The number of nitrogens with zero attached hydrogens (tertiary/aromatic N) is 2. The van der Waals surface area contributed by atoms with Gasteiger partial charge in [-0.1, -0.05) is 0 Å². The average Bonchev–Trinajstić information content (AvgIpc) is 2.20. The molecule has 1 heterocycles. The van der Waals surface area contributed by atoms with Crippen molar-refractivity contribution in [3.05, 3.63) is 24.0 Å². The number of anilines is 1. The first-order valence-corrected chi connectivity index (χ1v) is 4.75. The third-order valence-electron chi connectivity index (χ3n) is 2.15. The molecule has 0 amide bonds. The predicted octanol–water partition coefficient (Wildman–Crippen LogP) is 1.21. The number of nitrogen functional groups attached to an aromatic ring is 1. The quantitative estimate of drug-likeness (QED) is 0.556. The largest absolute Gasteiger partial charge is 0.382 e. The van der Waals surface area contributed by atoms with E-state index in [1.165, 1.54) is 0 Å². The van der Waals surface area contributed by atoms with Crippen LogP contribution in [-0.2, 0) is 0 Å². The maximum atomic E-state index is 7.41. The maximum absolute atomic E-state index is 7.41. The van der Waals surface area contributed by atoms with E-state index in [1.54, 1.807) is 6.20 Å². The topological polar surface area (TPSA) is 66.0 Å². The first kappa shape index (κ1) is 10.5. The minimum Gasteiger partial charge on any atom is -0.382 e. The summed E-state index contributed by atoms with van der Waals surface area (Å²) in [5.41, 5.74) is 6.96. The Hall–Kier alpha value is -1.58. The molecule has 3 N–H and O–H groups in total. The van der Waals surface area contributed by atoms with E-state index in [9.17, 15) is 0 Å². The van der Waals surface area contributed by atoms with Crippen molar-refractivity contribution in [2.45, 2.75) is 13.8 Å². The van der Waals surface area contributed by atoms with E-state index in [-0.39, 0.29) is 5.84 Å². The Morgan fingerprint density at radius 2 is 2.14 bits per heavy atom. The molecule has 0 bridgehead atoms. The van der Waals surface area contributed by atoms with Gasteiger partial charge >= 0.3 is 0 Å². The van der Waals surface area contributed by atoms with Gasteiger partial charge < -0.3 is 10.6 Å². The number of amidine groups is 1. The molecule has 0 aromatic carbocycles. The molecule has 0 saturated heterocycles. The highest BCUT2D eigenvalue weighted by atomic mass is 15.1. The van der Waals surface area contributed by atoms with Gasteiger partial charge in [-0.25, -0.2) is 0 Å². The highest BCUT2D eigenvalue weighted by molar-refractivity contribution is 5.98. The van der Waals surface area contributed by atoms with Crippen molar-refractivity contribution in [2.75, 3.05) is 18.0 Å². The molecule has 1 aromatic heterocycles. The molecule has 1 rings (SSSR count). The van der Waals surface area contributed by atoms with E-state index >= 15 is 0 Å². The third-order valence-corrected chi connectivity index (χ3v) is 2.15. The van der Waals surface area contributed by atoms with Crippen LogP contribution in [0.2, 0.25) is 0 Å². The van der Waals surface area contributed by atoms with Crippen LogP contribution in [0.4, 0.5) is 5.69 Å². The van der Waals surface area contributed by atoms with Gasteiger partial charge in [0.2, 0.25) is 0 Å². The number of rotatable bonds is 4. The lowest BCUT2D eigenvalue weighted by atomic mass is 10.2. The molecule has 4 nitrogen and oxygen atoms in total. The van der Waals surface area contributed by atoms with Crippen molar-refractivity contribution in [1.82, 2.24) is 4.98 Å². The highest BCUT2D eigenvalue weighted by Crippen LogP contribution is 2.16. The van der Waals surface area contributed by atoms with E-state index in [0.29, 0.717) is 5.69 Å². The van der Waals surface area contributed by atoms with Crippen LogP contribution < -0.4 is 10.6 Å². The second-order valence-corrected chi connectivity index (χ2v) is 2.96. The molecular formula is C10H16N4. The lowest BCUT2D eigenvalue weighted by Gasteiger charge is -2.22. The molecule has 0 saturated carbocycles. The van der Waals surface area contributed by atoms with E-state index in [0.717, 1.165) is 18.8 Å². The molecule has 0 unspecified atom stereocenters. The summed E-state index contributed by atoms with van der Waals surface area (Å²) in [7, 11) is 0. The number of hydrogen-bond donors (Lipinski definition) is 2. The minimum atomic E-state index is 0.0208. The van der Waals surface area contributed by atoms with E-state index in [2.05, 4.69) is 23.7 Å². The fraction of sp³-hybridized carbons (Fsp3) is 0.400. The van der Waals surface area contributed by atoms with Gasteiger partial charge in [-0.05, 0) is 26.0 Å². The summed E-state index contributed by atoms with van der Waals surface area (Å²) in [5.74, 6) is 0.0208. The summed E-state index contributed by atoms with van der Waals surface area (Å²) in [6.07, 6.45) is 1.66. The Balaban J connectivity index is 3.11. The lowest BCUT2D eigenvalue weighted by molar-refractivity contribution is 0.860. The zero-order chi connectivity index (χ0) is 10.6. The summed E-state index contributed by atoms with van der Waals surface area (Å²) < 4.78 is 0. The van der Waals surface area contributed by atoms with Gasteiger partial charge in [-0.3, -0.25) is 10.4 Å². The summed E-state index contributed by atoms with van der Waals surface area (Å²) in [4.78, 5) is 6.23. The molecule has 1 aromatic rings. The van der Waals surface area contributed by atoms with Crippen molar-refractivity contribution >= 4 is 11.5 Å². The fourth-order valence-corrected chi connectivity index (χ4v) is 1.42. The van der Waals surface area contributed by atoms with Crippen molar-refractivity contribution in [2.24, 2.45) is 5.73 Å². The molecule has 76 valence electrons. The highest BCUT2D eigenvalue weighted by Gasteiger charge is 2.10. The van der Waals surface area contributed by atoms with Gasteiger partial charge in [0.15, 0.2) is 0 Å². The molecule has 0 aliphatic rings. The number of nitrogens with one attached hydrogen (secondary N) is 1. The zero-order valence-corrected chi connectivity index (χ0v) is 8.62. The van der Waals surface area contributed by atoms with Crippen LogP contribution in [0.1, 0.15) is 19.5 Å². The normalized spacial score (nSPS) is 9.86. The van der Waals surface area contributed by atoms with Crippen LogP contribution in [0.15, 0.2) is 18.3 Å². The molecule has 0 aliphatic heterocycles. The van der Waals surface area contributed by atoms with E-state index in [4.69, 9.17) is 11.1 Å². The fourth-order valence-electron chi connectivity index (χ4n) is 1.42. The smallest absolute Gasteiger partial charge is 0.143 e. The van der Waals surface area contributed by atoms with Crippen molar-refractivity contribution < 1.29 is 0 Å². The molecule has 0 radical (unpaired) electrons. The predicted molar refractivity (Wildman–Crippen MR) is 58.8 cm³/mol. The molecule has 0 aliphatic carbocycles. The Labute approximate surface area is 84.3 Å². The SMILES string of the molecule is CCN(CC)c1cccnc1C(=N)N. The molecule has 0 atom stereocenters. The van der Waals surface area contributed by atoms with Crippen LogP contribution in [0, 0.1) is 5.41 Å². The molecular weight excluding hydrogens is 176 g/mol. The third kappa shape index (κ3) is 2.02. The summed E-state index contributed by atoms with van der Waals surface area (Å²) in [5, 5.41) is 7.41. The van der Waals surface area contributed by atoms with E-state index in [1.807, 2.05) is 12.1 Å². The molecule has 0 spiro atoms. The Bertz CT molecular complexity index is 318. The van der Waals surface area contributed by atoms with Crippen LogP contribution >= 0.6 is 0 Å². The number of hydrogen-bond acceptors (Lipinski definition) is 3. The average molecular weight is 192 g/mol. The van der Waals surface area contributed by atoms with Crippen LogP contribution in [0.3, 0.4) is 0 Å². The summed E-state index contributed by atoms with van der Waals surface area (Å²) in [6, 6.07) is 3.80. The van der Waals surface area contributed by atoms with Crippen LogP contribution in [0.5, 0.6) is 0 Å². The second-order valence-electron chi connectivity index (χ2n) is 2.96. The van der Waals surface area contributed by atoms with Gasteiger partial charge in [-0.2, -0.15) is 0 Å². The maximum Gasteiger partial charge on any atom is 0.143 e. The van der Waals surface area contributed by atoms with Gasteiger partial charge in [-0.15, -0.1) is 0 Å². The van der Waals surface area contributed by atoms with Crippen LogP contribution in [0.25, 0.3) is 0 Å². The first-order chi connectivity index (χ1) is 6.70. The second kappa shape index (κ2) is 4.60. The monoisotopic (exact) mass is 192 g/mol. The lowest BCUT2D eigenvalue weighted by Crippen LogP contribution is -2.26. The molecule has 4 heteroatoms. The van der Waals surface area contributed by atoms with Gasteiger partial charge in [0.05, 0.1) is 5.69 Å². The van der Waals surface area contributed by atoms with E-state index < -0.39 is 0 Å². The van der Waals surface area contributed by atoms with Gasteiger partial charge in [0, 0.05) is 19.3 Å². The Kier molecular flexibility index (Phi) is 3.45. The summed E-state index contributed by atoms with van der Waals surface area (Å²) >= 11 is 0. The first-order valence-electron chi connectivity index (χ1n) is 4.75. The standard InChI is InChI=1S/C10H16N4/c1-3-14(4-2)8-6-5-7-13-9(8)10(11)12/h5-7H,3-4H2,1-2H3,(H3,11,12).